The third-order valence-corrected chi connectivity index (χ3v) is 3.23. The second kappa shape index (κ2) is 6.19. The minimum atomic E-state index is -1.25. The Kier molecular flexibility index (Phi) is 3.93. The topological polar surface area (TPSA) is 82.4 Å². The molecule has 0 bridgehead atoms. The number of aliphatic carboxylic acids is 1. The summed E-state index contributed by atoms with van der Waals surface area (Å²) in [4.78, 5) is 22.1. The van der Waals surface area contributed by atoms with Gasteiger partial charge in [-0.25, -0.2) is 4.79 Å². The Bertz CT molecular complexity index is 956. The van der Waals surface area contributed by atoms with Crippen LogP contribution in [0.1, 0.15) is 5.56 Å². The van der Waals surface area contributed by atoms with E-state index in [1.807, 2.05) is 18.2 Å². The number of para-hydroxylation sites is 1. The average Bonchev–Trinajstić information content (AvgIpc) is 2.53. The Labute approximate surface area is 131 Å². The summed E-state index contributed by atoms with van der Waals surface area (Å²) in [5.74, 6) is -1.25. The Morgan fingerprint density at radius 1 is 1.09 bits per heavy atom. The van der Waals surface area contributed by atoms with Crippen LogP contribution in [-0.4, -0.2) is 5.97 Å². The fourth-order valence-electron chi connectivity index (χ4n) is 2.25. The van der Waals surface area contributed by atoms with E-state index in [2.05, 4.69) is 5.32 Å². The molecule has 0 radical (unpaired) electrons. The molecule has 1 N–H and O–H groups in total. The molecule has 0 fully saturated rings. The minimum absolute atomic E-state index is 0.445. The molecule has 0 saturated heterocycles. The van der Waals surface area contributed by atoms with Crippen LogP contribution in [0.2, 0.25) is 0 Å². The predicted molar refractivity (Wildman–Crippen MR) is 86.2 cm³/mol. The van der Waals surface area contributed by atoms with Gasteiger partial charge in [0.1, 0.15) is 5.58 Å². The van der Waals surface area contributed by atoms with Gasteiger partial charge in [0.05, 0.1) is 11.7 Å². The zero-order chi connectivity index (χ0) is 16.2. The molecule has 1 aromatic heterocycles. The van der Waals surface area contributed by atoms with Gasteiger partial charge < -0.3 is 19.6 Å². The number of carbonyl (C=O) groups excluding carboxylic acids is 1. The number of hydrogen-bond acceptors (Lipinski definition) is 5. The van der Waals surface area contributed by atoms with Crippen LogP contribution >= 0.6 is 0 Å². The molecule has 0 saturated carbocycles. The van der Waals surface area contributed by atoms with Gasteiger partial charge in [0, 0.05) is 17.1 Å². The Morgan fingerprint density at radius 3 is 2.74 bits per heavy atom. The average molecular weight is 306 g/mol. The summed E-state index contributed by atoms with van der Waals surface area (Å²) in [6.07, 6.45) is 2.41. The first-order valence-electron chi connectivity index (χ1n) is 6.91. The van der Waals surface area contributed by atoms with Gasteiger partial charge >= 0.3 is 5.63 Å². The number of anilines is 2. The van der Waals surface area contributed by atoms with Crippen molar-refractivity contribution in [2.75, 3.05) is 5.32 Å². The van der Waals surface area contributed by atoms with Gasteiger partial charge in [-0.05, 0) is 35.9 Å². The summed E-state index contributed by atoms with van der Waals surface area (Å²) in [7, 11) is 0. The molecule has 23 heavy (non-hydrogen) atoms. The van der Waals surface area contributed by atoms with Crippen molar-refractivity contribution >= 4 is 34.4 Å². The highest BCUT2D eigenvalue weighted by Crippen LogP contribution is 2.25. The van der Waals surface area contributed by atoms with Gasteiger partial charge in [-0.1, -0.05) is 30.3 Å². The van der Waals surface area contributed by atoms with Gasteiger partial charge in [-0.2, -0.15) is 0 Å². The predicted octanol–water partition coefficient (Wildman–Crippen LogP) is 2.30. The first-order valence-corrected chi connectivity index (χ1v) is 6.91. The van der Waals surface area contributed by atoms with Gasteiger partial charge in [-0.15, -0.1) is 0 Å². The van der Waals surface area contributed by atoms with Gasteiger partial charge in [0.15, 0.2) is 0 Å². The Hall–Kier alpha value is -3.34. The largest absolute Gasteiger partial charge is 0.545 e. The van der Waals surface area contributed by atoms with Crippen LogP contribution in [-0.2, 0) is 4.79 Å². The second-order valence-corrected chi connectivity index (χ2v) is 4.88. The zero-order valence-corrected chi connectivity index (χ0v) is 12.0. The maximum Gasteiger partial charge on any atom is 0.338 e. The first-order chi connectivity index (χ1) is 11.1. The lowest BCUT2D eigenvalue weighted by Gasteiger charge is -2.09. The fraction of sp³-hybridized carbons (Fsp3) is 0. The van der Waals surface area contributed by atoms with Crippen molar-refractivity contribution in [2.24, 2.45) is 0 Å². The quantitative estimate of drug-likeness (QED) is 0.591. The highest BCUT2D eigenvalue weighted by atomic mass is 16.4. The summed E-state index contributed by atoms with van der Waals surface area (Å²) in [6, 6.07) is 15.7. The fourth-order valence-corrected chi connectivity index (χ4v) is 2.25. The van der Waals surface area contributed by atoms with Crippen LogP contribution in [0.5, 0.6) is 0 Å². The van der Waals surface area contributed by atoms with E-state index in [9.17, 15) is 14.7 Å². The number of benzene rings is 2. The molecule has 0 spiro atoms. The van der Waals surface area contributed by atoms with E-state index in [0.717, 1.165) is 17.1 Å². The first kappa shape index (κ1) is 14.6. The SMILES string of the molecule is O=C([O-])/C=C/c1cccc(Nc2cc(=O)oc3ccccc23)c1. The van der Waals surface area contributed by atoms with Crippen molar-refractivity contribution < 1.29 is 14.3 Å². The third-order valence-electron chi connectivity index (χ3n) is 3.23. The standard InChI is InChI=1S/C18H13NO4/c20-17(21)9-8-12-4-3-5-13(10-12)19-15-11-18(22)23-16-7-2-1-6-14(15)16/h1-11,19H,(H,20,21)/p-1/b9-8+. The van der Waals surface area contributed by atoms with E-state index in [1.54, 1.807) is 30.3 Å². The second-order valence-electron chi connectivity index (χ2n) is 4.88. The normalized spacial score (nSPS) is 11.0. The highest BCUT2D eigenvalue weighted by molar-refractivity contribution is 5.91. The van der Waals surface area contributed by atoms with Crippen molar-refractivity contribution in [3.63, 3.8) is 0 Å². The molecule has 2 aromatic carbocycles. The number of hydrogen-bond donors (Lipinski definition) is 1. The monoisotopic (exact) mass is 306 g/mol. The molecule has 0 aliphatic heterocycles. The maximum atomic E-state index is 11.6. The van der Waals surface area contributed by atoms with E-state index in [-0.39, 0.29) is 0 Å². The zero-order valence-electron chi connectivity index (χ0n) is 12.0. The smallest absolute Gasteiger partial charge is 0.338 e. The minimum Gasteiger partial charge on any atom is -0.545 e. The van der Waals surface area contributed by atoms with Crippen molar-refractivity contribution in [3.05, 3.63) is 76.7 Å². The van der Waals surface area contributed by atoms with E-state index in [4.69, 9.17) is 4.42 Å². The van der Waals surface area contributed by atoms with Gasteiger partial charge in [-0.3, -0.25) is 0 Å². The summed E-state index contributed by atoms with van der Waals surface area (Å²) >= 11 is 0. The summed E-state index contributed by atoms with van der Waals surface area (Å²) in [5.41, 5.74) is 2.10. The van der Waals surface area contributed by atoms with Crippen LogP contribution in [0, 0.1) is 0 Å². The molecule has 5 heteroatoms. The van der Waals surface area contributed by atoms with Crippen LogP contribution < -0.4 is 16.0 Å². The van der Waals surface area contributed by atoms with Crippen LogP contribution in [0.15, 0.2) is 69.9 Å². The van der Waals surface area contributed by atoms with Gasteiger partial charge in [0.25, 0.3) is 0 Å². The van der Waals surface area contributed by atoms with E-state index in [0.29, 0.717) is 16.8 Å². The van der Waals surface area contributed by atoms with Crippen molar-refractivity contribution in [3.8, 4) is 0 Å². The molecule has 0 aliphatic rings. The molecule has 5 nitrogen and oxygen atoms in total. The van der Waals surface area contributed by atoms with Crippen LogP contribution in [0.3, 0.4) is 0 Å². The number of rotatable bonds is 4. The molecular formula is C18H12NO4-. The number of carbonyl (C=O) groups is 1. The molecule has 0 unspecified atom stereocenters. The molecule has 0 aliphatic carbocycles. The summed E-state index contributed by atoms with van der Waals surface area (Å²) < 4.78 is 5.15. The summed E-state index contributed by atoms with van der Waals surface area (Å²) in [5, 5.41) is 14.4. The van der Waals surface area contributed by atoms with Crippen LogP contribution in [0.25, 0.3) is 17.0 Å². The highest BCUT2D eigenvalue weighted by Gasteiger charge is 2.05. The van der Waals surface area contributed by atoms with E-state index in [1.165, 1.54) is 12.1 Å². The number of carboxylic acids is 1. The molecule has 3 rings (SSSR count). The van der Waals surface area contributed by atoms with E-state index >= 15 is 0 Å². The van der Waals surface area contributed by atoms with Crippen molar-refractivity contribution in [1.29, 1.82) is 0 Å². The molecule has 0 amide bonds. The van der Waals surface area contributed by atoms with Crippen molar-refractivity contribution in [2.45, 2.75) is 0 Å². The third kappa shape index (κ3) is 3.47. The van der Waals surface area contributed by atoms with Gasteiger partial charge in [0.2, 0.25) is 0 Å². The number of fused-ring (bicyclic) bond motifs is 1. The lowest BCUT2D eigenvalue weighted by molar-refractivity contribution is -0.297. The Balaban J connectivity index is 1.98. The maximum absolute atomic E-state index is 11.6. The van der Waals surface area contributed by atoms with E-state index < -0.39 is 11.6 Å². The van der Waals surface area contributed by atoms with Crippen LogP contribution in [0.4, 0.5) is 11.4 Å². The molecule has 1 heterocycles. The number of carboxylic acid groups (broad SMARTS) is 1. The van der Waals surface area contributed by atoms with Crippen molar-refractivity contribution in [1.82, 2.24) is 0 Å². The molecular weight excluding hydrogens is 294 g/mol. The lowest BCUT2D eigenvalue weighted by Crippen LogP contribution is -2.18. The lowest BCUT2D eigenvalue weighted by atomic mass is 10.1. The molecule has 0 atom stereocenters. The molecule has 3 aromatic rings. The number of nitrogens with one attached hydrogen (secondary N) is 1. The molecule has 114 valence electrons. The summed E-state index contributed by atoms with van der Waals surface area (Å²) in [6.45, 7) is 0. The Morgan fingerprint density at radius 2 is 1.91 bits per heavy atom.